The minimum absolute atomic E-state index is 0.780. The Balaban J connectivity index is 3.56. The molecule has 1 heteroatoms. The number of hydrogen-bond donors (Lipinski definition) is 1. The monoisotopic (exact) mass is 165 g/mol. The second-order valence-corrected chi connectivity index (χ2v) is 3.45. The van der Waals surface area contributed by atoms with Gasteiger partial charge in [0.25, 0.3) is 0 Å². The smallest absolute Gasteiger partial charge is 0.0207 e. The molecule has 0 fully saturated rings. The zero-order valence-electron chi connectivity index (χ0n) is 8.30. The Bertz CT molecular complexity index is 175. The second-order valence-electron chi connectivity index (χ2n) is 3.45. The van der Waals surface area contributed by atoms with E-state index < -0.39 is 0 Å². The van der Waals surface area contributed by atoms with Gasteiger partial charge in [-0.1, -0.05) is 32.1 Å². The summed E-state index contributed by atoms with van der Waals surface area (Å²) in [4.78, 5) is 0. The Morgan fingerprint density at radius 1 is 1.42 bits per heavy atom. The van der Waals surface area contributed by atoms with Gasteiger partial charge in [-0.3, -0.25) is 0 Å². The van der Waals surface area contributed by atoms with E-state index in [2.05, 4.69) is 19.9 Å². The van der Waals surface area contributed by atoms with Gasteiger partial charge in [0.1, 0.15) is 0 Å². The molecule has 0 radical (unpaired) electrons. The van der Waals surface area contributed by atoms with Gasteiger partial charge < -0.3 is 5.41 Å². The van der Waals surface area contributed by atoms with Gasteiger partial charge in [0, 0.05) is 6.21 Å². The summed E-state index contributed by atoms with van der Waals surface area (Å²) < 4.78 is 0. The summed E-state index contributed by atoms with van der Waals surface area (Å²) in [5, 5.41) is 6.93. The summed E-state index contributed by atoms with van der Waals surface area (Å²) in [6.45, 7) is 6.39. The van der Waals surface area contributed by atoms with Gasteiger partial charge in [-0.2, -0.15) is 0 Å². The van der Waals surface area contributed by atoms with Crippen LogP contribution in [0.2, 0.25) is 0 Å². The predicted octanol–water partition coefficient (Wildman–Crippen LogP) is 3.57. The first kappa shape index (κ1) is 11.2. The van der Waals surface area contributed by atoms with Crippen LogP contribution in [0, 0.1) is 11.3 Å². The minimum atomic E-state index is 0.780. The standard InChI is InChI=1S/C11H19N/c1-10(2)7-5-4-6-8-11(3)9-12/h4,6,8-10,12H,5,7H2,1-3H3/b6-4-,11-8?,12-9?. The lowest BCUT2D eigenvalue weighted by molar-refractivity contribution is 0.594. The van der Waals surface area contributed by atoms with Crippen molar-refractivity contribution in [3.63, 3.8) is 0 Å². The molecule has 0 aromatic rings. The summed E-state index contributed by atoms with van der Waals surface area (Å²) in [6, 6.07) is 0. The fraction of sp³-hybridized carbons (Fsp3) is 0.545. The molecular weight excluding hydrogens is 146 g/mol. The fourth-order valence-electron chi connectivity index (χ4n) is 0.794. The van der Waals surface area contributed by atoms with Crippen molar-refractivity contribution in [3.8, 4) is 0 Å². The van der Waals surface area contributed by atoms with Crippen LogP contribution < -0.4 is 0 Å². The van der Waals surface area contributed by atoms with Crippen molar-refractivity contribution in [2.24, 2.45) is 5.92 Å². The lowest BCUT2D eigenvalue weighted by atomic mass is 10.1. The molecule has 0 aromatic heterocycles. The summed E-state index contributed by atoms with van der Waals surface area (Å²) in [6.07, 6.45) is 9.91. The third-order valence-corrected chi connectivity index (χ3v) is 1.63. The van der Waals surface area contributed by atoms with Gasteiger partial charge in [-0.25, -0.2) is 0 Å². The molecule has 0 saturated carbocycles. The van der Waals surface area contributed by atoms with E-state index in [0.717, 1.165) is 17.9 Å². The summed E-state index contributed by atoms with van der Waals surface area (Å²) in [7, 11) is 0. The van der Waals surface area contributed by atoms with E-state index >= 15 is 0 Å². The molecule has 0 spiro atoms. The fourth-order valence-corrected chi connectivity index (χ4v) is 0.794. The average Bonchev–Trinajstić information content (AvgIpc) is 2.03. The Kier molecular flexibility index (Phi) is 6.35. The van der Waals surface area contributed by atoms with Crippen molar-refractivity contribution < 1.29 is 0 Å². The highest BCUT2D eigenvalue weighted by Gasteiger charge is 1.88. The maximum atomic E-state index is 6.93. The number of rotatable bonds is 5. The van der Waals surface area contributed by atoms with Crippen LogP contribution in [-0.4, -0.2) is 6.21 Å². The number of hydrogen-bond acceptors (Lipinski definition) is 1. The predicted molar refractivity (Wildman–Crippen MR) is 55.8 cm³/mol. The first-order valence-electron chi connectivity index (χ1n) is 4.50. The van der Waals surface area contributed by atoms with E-state index in [1.165, 1.54) is 12.6 Å². The van der Waals surface area contributed by atoms with Crippen LogP contribution >= 0.6 is 0 Å². The van der Waals surface area contributed by atoms with Crippen molar-refractivity contribution >= 4 is 6.21 Å². The molecule has 0 atom stereocenters. The van der Waals surface area contributed by atoms with Gasteiger partial charge in [0.15, 0.2) is 0 Å². The lowest BCUT2D eigenvalue weighted by Crippen LogP contribution is -1.83. The van der Waals surface area contributed by atoms with Crippen LogP contribution in [-0.2, 0) is 0 Å². The molecule has 0 aliphatic rings. The first-order valence-corrected chi connectivity index (χ1v) is 4.50. The first-order chi connectivity index (χ1) is 5.66. The molecule has 1 nitrogen and oxygen atoms in total. The molecule has 0 saturated heterocycles. The van der Waals surface area contributed by atoms with Crippen molar-refractivity contribution in [3.05, 3.63) is 23.8 Å². The zero-order chi connectivity index (χ0) is 9.40. The Hall–Kier alpha value is -0.850. The van der Waals surface area contributed by atoms with Crippen LogP contribution in [0.15, 0.2) is 23.8 Å². The summed E-state index contributed by atoms with van der Waals surface area (Å²) in [5.41, 5.74) is 0.996. The molecule has 68 valence electrons. The van der Waals surface area contributed by atoms with Gasteiger partial charge >= 0.3 is 0 Å². The number of nitrogens with one attached hydrogen (secondary N) is 1. The van der Waals surface area contributed by atoms with Crippen molar-refractivity contribution in [1.82, 2.24) is 0 Å². The van der Waals surface area contributed by atoms with E-state index in [-0.39, 0.29) is 0 Å². The van der Waals surface area contributed by atoms with Crippen LogP contribution in [0.5, 0.6) is 0 Å². The highest BCUT2D eigenvalue weighted by Crippen LogP contribution is 2.03. The van der Waals surface area contributed by atoms with E-state index in [0.29, 0.717) is 0 Å². The molecule has 0 heterocycles. The average molecular weight is 165 g/mol. The van der Waals surface area contributed by atoms with E-state index in [1.807, 2.05) is 19.1 Å². The van der Waals surface area contributed by atoms with Gasteiger partial charge in [0.05, 0.1) is 0 Å². The van der Waals surface area contributed by atoms with Crippen LogP contribution in [0.3, 0.4) is 0 Å². The molecule has 0 aliphatic heterocycles. The summed E-state index contributed by atoms with van der Waals surface area (Å²) >= 11 is 0. The zero-order valence-corrected chi connectivity index (χ0v) is 8.30. The molecule has 0 rings (SSSR count). The van der Waals surface area contributed by atoms with Crippen molar-refractivity contribution in [2.45, 2.75) is 33.6 Å². The molecule has 0 amide bonds. The third kappa shape index (κ3) is 7.26. The van der Waals surface area contributed by atoms with E-state index in [9.17, 15) is 0 Å². The van der Waals surface area contributed by atoms with Crippen molar-refractivity contribution in [1.29, 1.82) is 5.41 Å². The van der Waals surface area contributed by atoms with Crippen LogP contribution in [0.1, 0.15) is 33.6 Å². The highest BCUT2D eigenvalue weighted by molar-refractivity contribution is 5.75. The topological polar surface area (TPSA) is 23.9 Å². The second kappa shape index (κ2) is 6.84. The Morgan fingerprint density at radius 3 is 2.58 bits per heavy atom. The Labute approximate surface area is 75.7 Å². The Morgan fingerprint density at radius 2 is 2.08 bits per heavy atom. The molecule has 0 aliphatic carbocycles. The van der Waals surface area contributed by atoms with Crippen molar-refractivity contribution in [2.75, 3.05) is 0 Å². The quantitative estimate of drug-likeness (QED) is 0.475. The lowest BCUT2D eigenvalue weighted by Gasteiger charge is -1.97. The molecular formula is C11H19N. The van der Waals surface area contributed by atoms with Gasteiger partial charge in [-0.15, -0.1) is 0 Å². The third-order valence-electron chi connectivity index (χ3n) is 1.63. The SMILES string of the molecule is CC(C=N)=C/C=C\CCC(C)C. The van der Waals surface area contributed by atoms with Crippen LogP contribution in [0.4, 0.5) is 0 Å². The molecule has 1 N–H and O–H groups in total. The maximum absolute atomic E-state index is 6.93. The normalized spacial score (nSPS) is 12.8. The molecule has 0 aromatic carbocycles. The summed E-state index contributed by atoms with van der Waals surface area (Å²) in [5.74, 6) is 0.780. The molecule has 0 unspecified atom stereocenters. The molecule has 0 bridgehead atoms. The van der Waals surface area contributed by atoms with Gasteiger partial charge in [-0.05, 0) is 31.3 Å². The van der Waals surface area contributed by atoms with Crippen LogP contribution in [0.25, 0.3) is 0 Å². The largest absolute Gasteiger partial charge is 0.308 e. The molecule has 12 heavy (non-hydrogen) atoms. The highest BCUT2D eigenvalue weighted by atomic mass is 14.3. The number of allylic oxidation sites excluding steroid dienone is 4. The maximum Gasteiger partial charge on any atom is 0.0207 e. The van der Waals surface area contributed by atoms with E-state index in [1.54, 1.807) is 0 Å². The van der Waals surface area contributed by atoms with E-state index in [4.69, 9.17) is 5.41 Å². The van der Waals surface area contributed by atoms with Gasteiger partial charge in [0.2, 0.25) is 0 Å². The minimum Gasteiger partial charge on any atom is -0.308 e.